The fourth-order valence-electron chi connectivity index (χ4n) is 6.34. The Bertz CT molecular complexity index is 2000. The molecule has 15 heteroatoms. The van der Waals surface area contributed by atoms with Crippen LogP contribution >= 0.6 is 0 Å². The second-order valence-corrected chi connectivity index (χ2v) is 13.6. The largest absolute Gasteiger partial charge is 0.379 e. The molecule has 15 nitrogen and oxygen atoms in total. The Morgan fingerprint density at radius 2 is 1.42 bits per heavy atom. The first-order valence-electron chi connectivity index (χ1n) is 19.0. The molecule has 0 spiro atoms. The van der Waals surface area contributed by atoms with Gasteiger partial charge in [0.05, 0.1) is 19.3 Å². The van der Waals surface area contributed by atoms with Gasteiger partial charge in [0.15, 0.2) is 5.96 Å². The van der Waals surface area contributed by atoms with Gasteiger partial charge in [-0.2, -0.15) is 0 Å². The van der Waals surface area contributed by atoms with Crippen LogP contribution in [-0.2, 0) is 35.1 Å². The number of anilines is 1. The molecule has 5 rings (SSSR count). The standard InChI is InChI=1S/C42H50N8O7/c1-2-31(49-42(43)44)36-41(55)48-35(39(53)45-32-21-13-19-28-16-9-10-20-30(28)32)26-57-23-12-11-22-56-25-34(47-37(51)29-17-7-4-8-18-29)40(54)46-33(38(52)50-36)24-27-14-5-3-6-15-27/h3-10,13-21,31,33-36H,2,11-12,22-26H2,1H3,(H,45,53)(H,46,54)(H,47,51)(H,48,55)(H,50,52)(H4,43,44,49). The van der Waals surface area contributed by atoms with Crippen LogP contribution in [0.4, 0.5) is 5.69 Å². The van der Waals surface area contributed by atoms with Crippen LogP contribution in [0.15, 0.2) is 108 Å². The highest BCUT2D eigenvalue weighted by Gasteiger charge is 2.35. The van der Waals surface area contributed by atoms with E-state index >= 15 is 0 Å². The predicted molar refractivity (Wildman–Crippen MR) is 217 cm³/mol. The van der Waals surface area contributed by atoms with Gasteiger partial charge in [-0.25, -0.2) is 4.99 Å². The number of nitrogens with two attached hydrogens (primary N) is 2. The van der Waals surface area contributed by atoms with Crippen LogP contribution in [0.25, 0.3) is 10.8 Å². The lowest BCUT2D eigenvalue weighted by Crippen LogP contribution is -2.61. The summed E-state index contributed by atoms with van der Waals surface area (Å²) in [5.74, 6) is -3.53. The minimum Gasteiger partial charge on any atom is -0.379 e. The number of rotatable bonds is 9. The average Bonchev–Trinajstić information content (AvgIpc) is 3.21. The lowest BCUT2D eigenvalue weighted by Gasteiger charge is -2.29. The van der Waals surface area contributed by atoms with E-state index in [0.29, 0.717) is 29.7 Å². The minimum absolute atomic E-state index is 0.0238. The van der Waals surface area contributed by atoms with E-state index in [0.717, 1.165) is 10.8 Å². The molecular weight excluding hydrogens is 729 g/mol. The van der Waals surface area contributed by atoms with Crippen molar-refractivity contribution >= 4 is 52.0 Å². The zero-order valence-electron chi connectivity index (χ0n) is 31.8. The SMILES string of the molecule is CCC(N=C(N)N)C1NC(=O)C(Cc2ccccc2)NC(=O)C(NC(=O)c2ccccc2)COCCCCOCC(C(=O)Nc2cccc3ccccc23)NC1=O. The highest BCUT2D eigenvalue weighted by molar-refractivity contribution is 6.05. The average molecular weight is 779 g/mol. The van der Waals surface area contributed by atoms with Crippen LogP contribution in [0.5, 0.6) is 0 Å². The van der Waals surface area contributed by atoms with E-state index in [4.69, 9.17) is 20.9 Å². The summed E-state index contributed by atoms with van der Waals surface area (Å²) in [5.41, 5.74) is 13.1. The van der Waals surface area contributed by atoms with Gasteiger partial charge < -0.3 is 47.5 Å². The molecule has 1 heterocycles. The molecule has 0 bridgehead atoms. The number of hydrogen-bond donors (Lipinski definition) is 7. The minimum atomic E-state index is -1.40. The Hall–Kier alpha value is -6.32. The molecule has 4 aromatic carbocycles. The van der Waals surface area contributed by atoms with E-state index in [-0.39, 0.29) is 45.2 Å². The summed E-state index contributed by atoms with van der Waals surface area (Å²) in [6.45, 7) is 1.81. The van der Waals surface area contributed by atoms with Crippen LogP contribution in [0, 0.1) is 0 Å². The summed E-state index contributed by atoms with van der Waals surface area (Å²) >= 11 is 0. The molecule has 300 valence electrons. The van der Waals surface area contributed by atoms with E-state index in [1.54, 1.807) is 67.6 Å². The third-order valence-electron chi connectivity index (χ3n) is 9.35. The number of nitrogens with one attached hydrogen (secondary N) is 5. The van der Waals surface area contributed by atoms with Gasteiger partial charge in [-0.05, 0) is 48.4 Å². The van der Waals surface area contributed by atoms with E-state index in [2.05, 4.69) is 31.6 Å². The van der Waals surface area contributed by atoms with Crippen molar-refractivity contribution < 1.29 is 33.4 Å². The number of carbonyl (C=O) groups excluding carboxylic acids is 5. The van der Waals surface area contributed by atoms with Crippen molar-refractivity contribution in [1.29, 1.82) is 0 Å². The van der Waals surface area contributed by atoms with Crippen LogP contribution in [0.1, 0.15) is 42.1 Å². The summed E-state index contributed by atoms with van der Waals surface area (Å²) in [5, 5.41) is 15.7. The van der Waals surface area contributed by atoms with Crippen molar-refractivity contribution in [3.63, 3.8) is 0 Å². The number of benzene rings is 4. The maximum absolute atomic E-state index is 14.3. The highest BCUT2D eigenvalue weighted by Crippen LogP contribution is 2.23. The van der Waals surface area contributed by atoms with Crippen molar-refractivity contribution in [1.82, 2.24) is 21.3 Å². The van der Waals surface area contributed by atoms with Gasteiger partial charge in [-0.3, -0.25) is 24.0 Å². The quantitative estimate of drug-likeness (QED) is 0.0975. The molecule has 9 N–H and O–H groups in total. The van der Waals surface area contributed by atoms with E-state index in [9.17, 15) is 24.0 Å². The van der Waals surface area contributed by atoms with E-state index < -0.39 is 59.7 Å². The predicted octanol–water partition coefficient (Wildman–Crippen LogP) is 2.15. The Morgan fingerprint density at radius 1 is 0.772 bits per heavy atom. The molecule has 5 amide bonds. The first kappa shape index (κ1) is 41.8. The number of amides is 5. The number of guanidine groups is 1. The van der Waals surface area contributed by atoms with Crippen molar-refractivity contribution in [2.24, 2.45) is 16.5 Å². The monoisotopic (exact) mass is 778 g/mol. The zero-order valence-corrected chi connectivity index (χ0v) is 31.8. The fraction of sp³-hybridized carbons (Fsp3) is 0.333. The Balaban J connectivity index is 1.45. The molecule has 5 unspecified atom stereocenters. The maximum atomic E-state index is 14.3. The molecule has 0 aliphatic carbocycles. The molecule has 1 aliphatic rings. The van der Waals surface area contributed by atoms with Crippen molar-refractivity contribution in [2.75, 3.05) is 31.7 Å². The molecule has 0 aromatic heterocycles. The van der Waals surface area contributed by atoms with Crippen molar-refractivity contribution in [2.45, 2.75) is 62.8 Å². The topological polar surface area (TPSA) is 228 Å². The summed E-state index contributed by atoms with van der Waals surface area (Å²) in [6, 6.07) is 24.5. The molecular formula is C42H50N8O7. The summed E-state index contributed by atoms with van der Waals surface area (Å²) in [7, 11) is 0. The molecule has 0 saturated carbocycles. The van der Waals surface area contributed by atoms with Crippen molar-refractivity contribution in [3.8, 4) is 0 Å². The van der Waals surface area contributed by atoms with E-state index in [1.165, 1.54) is 0 Å². The van der Waals surface area contributed by atoms with E-state index in [1.807, 2.05) is 42.5 Å². The van der Waals surface area contributed by atoms with Gasteiger partial charge >= 0.3 is 0 Å². The lowest BCUT2D eigenvalue weighted by atomic mass is 10.0. The third kappa shape index (κ3) is 12.3. The van der Waals surface area contributed by atoms with Gasteiger partial charge in [0.25, 0.3) is 5.91 Å². The summed E-state index contributed by atoms with van der Waals surface area (Å²) in [4.78, 5) is 73.9. The van der Waals surface area contributed by atoms with Crippen LogP contribution in [-0.4, -0.2) is 92.1 Å². The summed E-state index contributed by atoms with van der Waals surface area (Å²) in [6.07, 6.45) is 1.29. The first-order chi connectivity index (χ1) is 27.6. The van der Waals surface area contributed by atoms with Crippen molar-refractivity contribution in [3.05, 3.63) is 114 Å². The number of fused-ring (bicyclic) bond motifs is 1. The molecule has 1 saturated heterocycles. The maximum Gasteiger partial charge on any atom is 0.251 e. The molecule has 57 heavy (non-hydrogen) atoms. The van der Waals surface area contributed by atoms with Gasteiger partial charge in [-0.1, -0.05) is 91.9 Å². The van der Waals surface area contributed by atoms with Crippen LogP contribution in [0.3, 0.4) is 0 Å². The Kier molecular flexibility index (Phi) is 15.5. The number of nitrogens with zero attached hydrogens (tertiary/aromatic N) is 1. The van der Waals surface area contributed by atoms with Gasteiger partial charge in [-0.15, -0.1) is 0 Å². The molecule has 4 aromatic rings. The molecule has 1 aliphatic heterocycles. The molecule has 0 radical (unpaired) electrons. The number of carbonyl (C=O) groups is 5. The summed E-state index contributed by atoms with van der Waals surface area (Å²) < 4.78 is 11.8. The lowest BCUT2D eigenvalue weighted by molar-refractivity contribution is -0.134. The first-order valence-corrected chi connectivity index (χ1v) is 19.0. The van der Waals surface area contributed by atoms with Crippen LogP contribution < -0.4 is 38.1 Å². The van der Waals surface area contributed by atoms with Crippen LogP contribution in [0.2, 0.25) is 0 Å². The van der Waals surface area contributed by atoms with Gasteiger partial charge in [0.1, 0.15) is 24.2 Å². The normalized spacial score (nSPS) is 20.7. The number of ether oxygens (including phenoxy) is 2. The molecule has 5 atom stereocenters. The molecule has 1 fully saturated rings. The third-order valence-corrected chi connectivity index (χ3v) is 9.35. The smallest absolute Gasteiger partial charge is 0.251 e. The Labute approximate surface area is 331 Å². The van der Waals surface area contributed by atoms with Gasteiger partial charge in [0.2, 0.25) is 23.6 Å². The fourth-order valence-corrected chi connectivity index (χ4v) is 6.34. The number of aliphatic imine (C=N–C) groups is 1. The zero-order chi connectivity index (χ0) is 40.6. The number of hydrogen-bond acceptors (Lipinski definition) is 8. The van der Waals surface area contributed by atoms with Gasteiger partial charge in [0, 0.05) is 36.3 Å². The second kappa shape index (κ2) is 21.1. The Morgan fingerprint density at radius 3 is 2.12 bits per heavy atom. The second-order valence-electron chi connectivity index (χ2n) is 13.6. The highest BCUT2D eigenvalue weighted by atomic mass is 16.5.